The average molecular weight is 188 g/mol. The van der Waals surface area contributed by atoms with Crippen molar-refractivity contribution in [1.29, 1.82) is 5.26 Å². The van der Waals surface area contributed by atoms with Gasteiger partial charge in [-0.3, -0.25) is 0 Å². The van der Waals surface area contributed by atoms with Crippen LogP contribution in [0.2, 0.25) is 0 Å². The van der Waals surface area contributed by atoms with Gasteiger partial charge in [-0.15, -0.1) is 0 Å². The maximum atomic E-state index is 8.48. The average Bonchev–Trinajstić information content (AvgIpc) is 2.18. The van der Waals surface area contributed by atoms with Gasteiger partial charge in [0.05, 0.1) is 18.9 Å². The number of methoxy groups -OCH3 is 1. The molecule has 14 heavy (non-hydrogen) atoms. The molecule has 0 heterocycles. The summed E-state index contributed by atoms with van der Waals surface area (Å²) in [7, 11) is 1.58. The molecule has 0 radical (unpaired) electrons. The third-order valence-electron chi connectivity index (χ3n) is 1.89. The van der Waals surface area contributed by atoms with Crippen molar-refractivity contribution in [3.05, 3.63) is 35.4 Å². The zero-order chi connectivity index (χ0) is 10.6. The molecule has 2 N–H and O–H groups in total. The number of aryl methyl sites for hydroxylation is 1. The first kappa shape index (κ1) is 10.1. The van der Waals surface area contributed by atoms with Crippen LogP contribution in [0.4, 0.5) is 0 Å². The number of rotatable bonds is 2. The van der Waals surface area contributed by atoms with Crippen LogP contribution in [-0.4, -0.2) is 7.11 Å². The van der Waals surface area contributed by atoms with Crippen LogP contribution < -0.4 is 10.5 Å². The van der Waals surface area contributed by atoms with Gasteiger partial charge in [0.25, 0.3) is 0 Å². The molecule has 72 valence electrons. The SMILES string of the molecule is COc1ccc(C)cc1/C(N)=C/C#N. The van der Waals surface area contributed by atoms with Gasteiger partial charge in [-0.05, 0) is 19.1 Å². The largest absolute Gasteiger partial charge is 0.496 e. The maximum absolute atomic E-state index is 8.48. The third kappa shape index (κ3) is 2.05. The Hall–Kier alpha value is -1.95. The van der Waals surface area contributed by atoms with Gasteiger partial charge in [-0.1, -0.05) is 11.6 Å². The summed E-state index contributed by atoms with van der Waals surface area (Å²) in [5.74, 6) is 0.680. The second-order valence-electron chi connectivity index (χ2n) is 2.93. The van der Waals surface area contributed by atoms with Gasteiger partial charge in [0.2, 0.25) is 0 Å². The van der Waals surface area contributed by atoms with Crippen molar-refractivity contribution >= 4 is 5.70 Å². The number of ether oxygens (including phenoxy) is 1. The Balaban J connectivity index is 3.25. The maximum Gasteiger partial charge on any atom is 0.128 e. The summed E-state index contributed by atoms with van der Waals surface area (Å²) in [5.41, 5.74) is 7.97. The number of hydrogen-bond donors (Lipinski definition) is 1. The number of benzene rings is 1. The first-order valence-electron chi connectivity index (χ1n) is 4.19. The second-order valence-corrected chi connectivity index (χ2v) is 2.93. The smallest absolute Gasteiger partial charge is 0.128 e. The predicted molar refractivity (Wildman–Crippen MR) is 55.5 cm³/mol. The van der Waals surface area contributed by atoms with Crippen molar-refractivity contribution in [2.45, 2.75) is 6.92 Å². The highest BCUT2D eigenvalue weighted by Gasteiger charge is 2.05. The van der Waals surface area contributed by atoms with Gasteiger partial charge in [0, 0.05) is 11.6 Å². The first-order valence-corrected chi connectivity index (χ1v) is 4.19. The summed E-state index contributed by atoms with van der Waals surface area (Å²) in [5, 5.41) is 8.48. The summed E-state index contributed by atoms with van der Waals surface area (Å²) < 4.78 is 5.14. The molecule has 0 bridgehead atoms. The van der Waals surface area contributed by atoms with E-state index in [1.165, 1.54) is 6.08 Å². The molecule has 0 aliphatic rings. The van der Waals surface area contributed by atoms with Crippen molar-refractivity contribution in [3.8, 4) is 11.8 Å². The topological polar surface area (TPSA) is 59.0 Å². The molecule has 0 atom stereocenters. The molecule has 0 amide bonds. The van der Waals surface area contributed by atoms with E-state index in [9.17, 15) is 0 Å². The van der Waals surface area contributed by atoms with Gasteiger partial charge < -0.3 is 10.5 Å². The Morgan fingerprint density at radius 3 is 2.86 bits per heavy atom. The Morgan fingerprint density at radius 2 is 2.29 bits per heavy atom. The van der Waals surface area contributed by atoms with E-state index in [1.807, 2.05) is 31.2 Å². The zero-order valence-corrected chi connectivity index (χ0v) is 8.24. The molecule has 0 spiro atoms. The summed E-state index contributed by atoms with van der Waals surface area (Å²) in [6.07, 6.45) is 1.30. The van der Waals surface area contributed by atoms with Crippen LogP contribution in [0.1, 0.15) is 11.1 Å². The zero-order valence-electron chi connectivity index (χ0n) is 8.24. The van der Waals surface area contributed by atoms with Crippen LogP contribution in [0.25, 0.3) is 5.70 Å². The minimum atomic E-state index is 0.424. The fourth-order valence-corrected chi connectivity index (χ4v) is 1.19. The molecule has 0 unspecified atom stereocenters. The molecular weight excluding hydrogens is 176 g/mol. The van der Waals surface area contributed by atoms with E-state index in [4.69, 9.17) is 15.7 Å². The fraction of sp³-hybridized carbons (Fsp3) is 0.182. The summed E-state index contributed by atoms with van der Waals surface area (Å²) in [4.78, 5) is 0. The molecule has 0 fully saturated rings. The molecule has 0 aliphatic carbocycles. The highest BCUT2D eigenvalue weighted by Crippen LogP contribution is 2.23. The highest BCUT2D eigenvalue weighted by atomic mass is 16.5. The summed E-state index contributed by atoms with van der Waals surface area (Å²) in [6.45, 7) is 1.96. The van der Waals surface area contributed by atoms with E-state index >= 15 is 0 Å². The molecule has 1 aromatic carbocycles. The van der Waals surface area contributed by atoms with Crippen molar-refractivity contribution in [1.82, 2.24) is 0 Å². The molecule has 0 aromatic heterocycles. The summed E-state index contributed by atoms with van der Waals surface area (Å²) >= 11 is 0. The van der Waals surface area contributed by atoms with Gasteiger partial charge in [-0.2, -0.15) is 5.26 Å². The van der Waals surface area contributed by atoms with Gasteiger partial charge in [0.1, 0.15) is 5.75 Å². The molecule has 0 aliphatic heterocycles. The van der Waals surface area contributed by atoms with E-state index in [0.717, 1.165) is 11.1 Å². The first-order chi connectivity index (χ1) is 6.69. The van der Waals surface area contributed by atoms with Crippen LogP contribution in [0.5, 0.6) is 5.75 Å². The lowest BCUT2D eigenvalue weighted by Crippen LogP contribution is -1.99. The van der Waals surface area contributed by atoms with Crippen molar-refractivity contribution in [2.75, 3.05) is 7.11 Å². The number of allylic oxidation sites excluding steroid dienone is 1. The quantitative estimate of drug-likeness (QED) is 0.720. The van der Waals surface area contributed by atoms with E-state index in [2.05, 4.69) is 0 Å². The van der Waals surface area contributed by atoms with Crippen LogP contribution in [0.15, 0.2) is 24.3 Å². The molecule has 1 aromatic rings. The second kappa shape index (κ2) is 4.33. The standard InChI is InChI=1S/C11H12N2O/c1-8-3-4-11(14-2)9(7-8)10(13)5-6-12/h3-5,7H,13H2,1-2H3/b10-5-. The molecule has 3 nitrogen and oxygen atoms in total. The van der Waals surface area contributed by atoms with Gasteiger partial charge in [-0.25, -0.2) is 0 Å². The predicted octanol–water partition coefficient (Wildman–Crippen LogP) is 1.83. The molecular formula is C11H12N2O. The minimum Gasteiger partial charge on any atom is -0.496 e. The van der Waals surface area contributed by atoms with Gasteiger partial charge in [0.15, 0.2) is 0 Å². The lowest BCUT2D eigenvalue weighted by Gasteiger charge is -2.08. The number of hydrogen-bond acceptors (Lipinski definition) is 3. The normalized spacial score (nSPS) is 10.8. The van der Waals surface area contributed by atoms with E-state index < -0.39 is 0 Å². The number of nitriles is 1. The lowest BCUT2D eigenvalue weighted by atomic mass is 10.1. The Labute approximate surface area is 83.4 Å². The molecule has 1 rings (SSSR count). The van der Waals surface area contributed by atoms with Crippen LogP contribution >= 0.6 is 0 Å². The fourth-order valence-electron chi connectivity index (χ4n) is 1.19. The van der Waals surface area contributed by atoms with Crippen LogP contribution in [0.3, 0.4) is 0 Å². The van der Waals surface area contributed by atoms with Crippen molar-refractivity contribution in [2.24, 2.45) is 5.73 Å². The molecule has 0 saturated heterocycles. The van der Waals surface area contributed by atoms with E-state index in [0.29, 0.717) is 11.4 Å². The molecule has 3 heteroatoms. The number of nitrogens with zero attached hydrogens (tertiary/aromatic N) is 1. The summed E-state index contributed by atoms with van der Waals surface area (Å²) in [6, 6.07) is 7.55. The third-order valence-corrected chi connectivity index (χ3v) is 1.89. The highest BCUT2D eigenvalue weighted by molar-refractivity contribution is 5.70. The van der Waals surface area contributed by atoms with Gasteiger partial charge >= 0.3 is 0 Å². The van der Waals surface area contributed by atoms with Crippen molar-refractivity contribution in [3.63, 3.8) is 0 Å². The Kier molecular flexibility index (Phi) is 3.14. The minimum absolute atomic E-state index is 0.424. The Morgan fingerprint density at radius 1 is 1.57 bits per heavy atom. The van der Waals surface area contributed by atoms with E-state index in [-0.39, 0.29) is 0 Å². The van der Waals surface area contributed by atoms with E-state index in [1.54, 1.807) is 7.11 Å². The van der Waals surface area contributed by atoms with Crippen molar-refractivity contribution < 1.29 is 4.74 Å². The Bertz CT molecular complexity index is 402. The van der Waals surface area contributed by atoms with Crippen LogP contribution in [-0.2, 0) is 0 Å². The van der Waals surface area contributed by atoms with Crippen LogP contribution in [0, 0.1) is 18.3 Å². The number of nitrogens with two attached hydrogens (primary N) is 1. The lowest BCUT2D eigenvalue weighted by molar-refractivity contribution is 0.413. The molecule has 0 saturated carbocycles. The monoisotopic (exact) mass is 188 g/mol.